The van der Waals surface area contributed by atoms with Crippen molar-refractivity contribution in [1.29, 1.82) is 0 Å². The van der Waals surface area contributed by atoms with Gasteiger partial charge in [0.2, 0.25) is 11.8 Å². The molecule has 0 radical (unpaired) electrons. The van der Waals surface area contributed by atoms with Gasteiger partial charge < -0.3 is 10.2 Å². The molecule has 0 aliphatic rings. The van der Waals surface area contributed by atoms with Crippen LogP contribution in [-0.4, -0.2) is 49.3 Å². The molecule has 0 bridgehead atoms. The van der Waals surface area contributed by atoms with Crippen LogP contribution in [0.25, 0.3) is 0 Å². The summed E-state index contributed by atoms with van der Waals surface area (Å²) in [7, 11) is 0. The van der Waals surface area contributed by atoms with Crippen molar-refractivity contribution in [2.75, 3.05) is 17.6 Å². The molecule has 0 saturated heterocycles. The molecule has 0 fully saturated rings. The first kappa shape index (κ1) is 22.7. The van der Waals surface area contributed by atoms with Crippen molar-refractivity contribution in [3.63, 3.8) is 0 Å². The third-order valence-corrected chi connectivity index (χ3v) is 5.00. The van der Waals surface area contributed by atoms with Crippen LogP contribution in [0.15, 0.2) is 34.2 Å². The monoisotopic (exact) mass is 423 g/mol. The first-order valence-electron chi connectivity index (χ1n) is 9.25. The number of anilines is 1. The summed E-state index contributed by atoms with van der Waals surface area (Å²) in [5.74, 6) is -0.996. The SMILES string of the molecule is CCCn1c(SCC(=O)N(CC(=O)Nc2ccc(F)cc2)C(C)(C)C)n[nH]c1=O. The average molecular weight is 424 g/mol. The van der Waals surface area contributed by atoms with Crippen molar-refractivity contribution >= 4 is 29.3 Å². The molecular formula is C19H26FN5O3S. The number of thioether (sulfide) groups is 1. The summed E-state index contributed by atoms with van der Waals surface area (Å²) in [6, 6.07) is 5.41. The summed E-state index contributed by atoms with van der Waals surface area (Å²) < 4.78 is 14.5. The summed E-state index contributed by atoms with van der Waals surface area (Å²) >= 11 is 1.15. The van der Waals surface area contributed by atoms with Gasteiger partial charge in [0.15, 0.2) is 5.16 Å². The fraction of sp³-hybridized carbons (Fsp3) is 0.474. The molecule has 8 nitrogen and oxygen atoms in total. The molecule has 29 heavy (non-hydrogen) atoms. The Morgan fingerprint density at radius 2 is 1.93 bits per heavy atom. The maximum absolute atomic E-state index is 13.0. The minimum Gasteiger partial charge on any atom is -0.328 e. The van der Waals surface area contributed by atoms with Gasteiger partial charge in [-0.15, -0.1) is 5.10 Å². The molecule has 2 N–H and O–H groups in total. The van der Waals surface area contributed by atoms with Gasteiger partial charge in [0.25, 0.3) is 0 Å². The fourth-order valence-corrected chi connectivity index (χ4v) is 3.46. The highest BCUT2D eigenvalue weighted by Gasteiger charge is 2.29. The molecule has 1 heterocycles. The number of benzene rings is 1. The van der Waals surface area contributed by atoms with Gasteiger partial charge in [-0.25, -0.2) is 14.3 Å². The van der Waals surface area contributed by atoms with Crippen LogP contribution in [0.5, 0.6) is 0 Å². The normalized spacial score (nSPS) is 11.3. The molecule has 1 aromatic carbocycles. The zero-order chi connectivity index (χ0) is 21.6. The van der Waals surface area contributed by atoms with Crippen molar-refractivity contribution < 1.29 is 14.0 Å². The second-order valence-electron chi connectivity index (χ2n) is 7.46. The van der Waals surface area contributed by atoms with E-state index in [1.54, 1.807) is 0 Å². The predicted molar refractivity (Wildman–Crippen MR) is 110 cm³/mol. The van der Waals surface area contributed by atoms with E-state index in [0.29, 0.717) is 17.4 Å². The molecule has 2 rings (SSSR count). The Morgan fingerprint density at radius 1 is 1.28 bits per heavy atom. The van der Waals surface area contributed by atoms with E-state index >= 15 is 0 Å². The third kappa shape index (κ3) is 6.45. The quantitative estimate of drug-likeness (QED) is 0.636. The number of carbonyl (C=O) groups is 2. The van der Waals surface area contributed by atoms with Crippen LogP contribution in [0.2, 0.25) is 0 Å². The Morgan fingerprint density at radius 3 is 2.52 bits per heavy atom. The van der Waals surface area contributed by atoms with Crippen molar-refractivity contribution in [3.05, 3.63) is 40.6 Å². The lowest BCUT2D eigenvalue weighted by molar-refractivity contribution is -0.137. The Kier molecular flexibility index (Phi) is 7.60. The zero-order valence-corrected chi connectivity index (χ0v) is 17.8. The maximum Gasteiger partial charge on any atom is 0.343 e. The lowest BCUT2D eigenvalue weighted by Gasteiger charge is -2.35. The van der Waals surface area contributed by atoms with E-state index in [1.807, 2.05) is 27.7 Å². The van der Waals surface area contributed by atoms with E-state index in [1.165, 1.54) is 33.7 Å². The van der Waals surface area contributed by atoms with Crippen LogP contribution in [0.4, 0.5) is 10.1 Å². The van der Waals surface area contributed by atoms with E-state index in [9.17, 15) is 18.8 Å². The standard InChI is InChI=1S/C19H26FN5O3S/c1-5-10-24-17(28)22-23-18(24)29-12-16(27)25(19(2,3)4)11-15(26)21-14-8-6-13(20)7-9-14/h6-9H,5,10-12H2,1-4H3,(H,21,26)(H,22,28). The van der Waals surface area contributed by atoms with Gasteiger partial charge >= 0.3 is 5.69 Å². The minimum atomic E-state index is -0.591. The highest BCUT2D eigenvalue weighted by molar-refractivity contribution is 7.99. The van der Waals surface area contributed by atoms with Gasteiger partial charge in [-0.3, -0.25) is 14.2 Å². The van der Waals surface area contributed by atoms with E-state index in [2.05, 4.69) is 15.5 Å². The molecule has 10 heteroatoms. The summed E-state index contributed by atoms with van der Waals surface area (Å²) in [6.45, 7) is 7.81. The molecule has 0 atom stereocenters. The maximum atomic E-state index is 13.0. The molecule has 0 saturated carbocycles. The van der Waals surface area contributed by atoms with Gasteiger partial charge in [-0.05, 0) is 51.5 Å². The molecule has 0 unspecified atom stereocenters. The topological polar surface area (TPSA) is 100 Å². The van der Waals surface area contributed by atoms with Crippen LogP contribution in [-0.2, 0) is 16.1 Å². The molecular weight excluding hydrogens is 397 g/mol. The average Bonchev–Trinajstić information content (AvgIpc) is 2.99. The van der Waals surface area contributed by atoms with Gasteiger partial charge in [0.1, 0.15) is 12.4 Å². The number of hydrogen-bond donors (Lipinski definition) is 2. The summed E-state index contributed by atoms with van der Waals surface area (Å²) in [5.41, 5.74) is -0.452. The van der Waals surface area contributed by atoms with E-state index in [4.69, 9.17) is 0 Å². The summed E-state index contributed by atoms with van der Waals surface area (Å²) in [5, 5.41) is 9.45. The van der Waals surface area contributed by atoms with Gasteiger partial charge in [-0.1, -0.05) is 18.7 Å². The van der Waals surface area contributed by atoms with Crippen molar-refractivity contribution in [2.45, 2.75) is 51.4 Å². The third-order valence-electron chi connectivity index (χ3n) is 4.04. The second-order valence-corrected chi connectivity index (χ2v) is 8.40. The number of aromatic amines is 1. The molecule has 158 valence electrons. The number of rotatable bonds is 8. The Balaban J connectivity index is 2.03. The molecule has 1 aromatic heterocycles. The van der Waals surface area contributed by atoms with E-state index in [0.717, 1.165) is 18.2 Å². The summed E-state index contributed by atoms with van der Waals surface area (Å²) in [4.78, 5) is 38.5. The number of nitrogens with zero attached hydrogens (tertiary/aromatic N) is 3. The Labute approximate surface area is 172 Å². The zero-order valence-electron chi connectivity index (χ0n) is 17.0. The largest absolute Gasteiger partial charge is 0.343 e. The van der Waals surface area contributed by atoms with Crippen molar-refractivity contribution in [3.8, 4) is 0 Å². The molecule has 0 spiro atoms. The first-order chi connectivity index (χ1) is 13.6. The number of hydrogen-bond acceptors (Lipinski definition) is 5. The molecule has 2 amide bonds. The smallest absolute Gasteiger partial charge is 0.328 e. The number of H-pyrrole nitrogens is 1. The minimum absolute atomic E-state index is 0.0368. The number of halogens is 1. The van der Waals surface area contributed by atoms with Gasteiger partial charge in [0, 0.05) is 17.8 Å². The molecule has 0 aliphatic heterocycles. The number of amides is 2. The Bertz CT molecular complexity index is 902. The Hall–Kier alpha value is -2.62. The first-order valence-corrected chi connectivity index (χ1v) is 10.2. The number of nitrogens with one attached hydrogen (secondary N) is 2. The van der Waals surface area contributed by atoms with Gasteiger partial charge in [-0.2, -0.15) is 0 Å². The van der Waals surface area contributed by atoms with Crippen LogP contribution >= 0.6 is 11.8 Å². The highest BCUT2D eigenvalue weighted by atomic mass is 32.2. The van der Waals surface area contributed by atoms with E-state index in [-0.39, 0.29) is 29.8 Å². The fourth-order valence-electron chi connectivity index (χ4n) is 2.62. The van der Waals surface area contributed by atoms with E-state index < -0.39 is 11.4 Å². The molecule has 0 aliphatic carbocycles. The highest BCUT2D eigenvalue weighted by Crippen LogP contribution is 2.19. The lowest BCUT2D eigenvalue weighted by atomic mass is 10.1. The lowest BCUT2D eigenvalue weighted by Crippen LogP contribution is -2.50. The van der Waals surface area contributed by atoms with Gasteiger partial charge in [0.05, 0.1) is 5.75 Å². The van der Waals surface area contributed by atoms with Crippen LogP contribution < -0.4 is 11.0 Å². The summed E-state index contributed by atoms with van der Waals surface area (Å²) in [6.07, 6.45) is 0.763. The van der Waals surface area contributed by atoms with Crippen LogP contribution in [0, 0.1) is 5.82 Å². The number of aromatic nitrogens is 3. The van der Waals surface area contributed by atoms with Crippen molar-refractivity contribution in [2.24, 2.45) is 0 Å². The van der Waals surface area contributed by atoms with Crippen LogP contribution in [0.3, 0.4) is 0 Å². The number of carbonyl (C=O) groups excluding carboxylic acids is 2. The molecule has 2 aromatic rings. The van der Waals surface area contributed by atoms with Crippen LogP contribution in [0.1, 0.15) is 34.1 Å². The second kappa shape index (κ2) is 9.73. The predicted octanol–water partition coefficient (Wildman–Crippen LogP) is 2.48. The van der Waals surface area contributed by atoms with Crippen molar-refractivity contribution in [1.82, 2.24) is 19.7 Å².